The van der Waals surface area contributed by atoms with Gasteiger partial charge < -0.3 is 19.7 Å². The molecule has 1 fully saturated rings. The minimum Gasteiger partial charge on any atom is -0.456 e. The van der Waals surface area contributed by atoms with E-state index in [9.17, 15) is 19.2 Å². The topological polar surface area (TPSA) is 102 Å². The third kappa shape index (κ3) is 7.56. The van der Waals surface area contributed by atoms with Crippen molar-refractivity contribution in [2.75, 3.05) is 26.3 Å². The molecule has 1 aromatic rings. The van der Waals surface area contributed by atoms with Gasteiger partial charge in [0.05, 0.1) is 13.0 Å². The van der Waals surface area contributed by atoms with Gasteiger partial charge in [0.1, 0.15) is 0 Å². The van der Waals surface area contributed by atoms with Gasteiger partial charge in [-0.05, 0) is 26.7 Å². The molecule has 0 aromatic heterocycles. The molecule has 2 rings (SSSR count). The van der Waals surface area contributed by atoms with Crippen molar-refractivity contribution in [3.8, 4) is 0 Å². The first-order chi connectivity index (χ1) is 13.9. The fourth-order valence-corrected chi connectivity index (χ4v) is 3.01. The molecule has 158 valence electrons. The maximum absolute atomic E-state index is 12.1. The predicted molar refractivity (Wildman–Crippen MR) is 105 cm³/mol. The van der Waals surface area contributed by atoms with Gasteiger partial charge in [-0.1, -0.05) is 29.8 Å². The Kier molecular flexibility index (Phi) is 8.64. The quantitative estimate of drug-likeness (QED) is 0.527. The van der Waals surface area contributed by atoms with E-state index in [1.165, 1.54) is 0 Å². The van der Waals surface area contributed by atoms with E-state index in [-0.39, 0.29) is 37.4 Å². The van der Waals surface area contributed by atoms with E-state index in [1.54, 1.807) is 24.0 Å². The summed E-state index contributed by atoms with van der Waals surface area (Å²) in [4.78, 5) is 49.1. The van der Waals surface area contributed by atoms with Crippen molar-refractivity contribution < 1.29 is 28.7 Å². The first kappa shape index (κ1) is 22.4. The number of benzene rings is 1. The zero-order chi connectivity index (χ0) is 21.2. The van der Waals surface area contributed by atoms with Crippen LogP contribution in [0.4, 0.5) is 4.79 Å². The second-order valence-electron chi connectivity index (χ2n) is 6.98. The van der Waals surface area contributed by atoms with Gasteiger partial charge in [0.25, 0.3) is 5.91 Å². The van der Waals surface area contributed by atoms with Gasteiger partial charge in [-0.2, -0.15) is 0 Å². The lowest BCUT2D eigenvalue weighted by Crippen LogP contribution is -2.47. The molecule has 1 aromatic carbocycles. The molecule has 0 unspecified atom stereocenters. The Balaban J connectivity index is 1.62. The zero-order valence-corrected chi connectivity index (χ0v) is 16.9. The Morgan fingerprint density at radius 3 is 2.31 bits per heavy atom. The average Bonchev–Trinajstić information content (AvgIpc) is 2.71. The molecular weight excluding hydrogens is 376 g/mol. The molecule has 0 aliphatic carbocycles. The molecule has 1 aliphatic heterocycles. The van der Waals surface area contributed by atoms with Crippen LogP contribution in [0.1, 0.15) is 48.5 Å². The summed E-state index contributed by atoms with van der Waals surface area (Å²) < 4.78 is 9.91. The van der Waals surface area contributed by atoms with Crippen molar-refractivity contribution in [3.05, 3.63) is 35.4 Å². The Morgan fingerprint density at radius 2 is 1.69 bits per heavy atom. The average molecular weight is 404 g/mol. The Hall–Kier alpha value is -2.90. The molecule has 0 saturated carbocycles. The number of aryl methyl sites for hydroxylation is 1. The molecule has 29 heavy (non-hydrogen) atoms. The summed E-state index contributed by atoms with van der Waals surface area (Å²) >= 11 is 0. The number of nitrogens with zero attached hydrogens (tertiary/aromatic N) is 1. The van der Waals surface area contributed by atoms with E-state index in [2.05, 4.69) is 5.32 Å². The molecule has 2 amide bonds. The van der Waals surface area contributed by atoms with Crippen molar-refractivity contribution >= 4 is 23.8 Å². The molecule has 1 N–H and O–H groups in total. The van der Waals surface area contributed by atoms with Crippen LogP contribution in [0.25, 0.3) is 0 Å². The minimum atomic E-state index is -0.585. The van der Waals surface area contributed by atoms with Crippen molar-refractivity contribution in [2.24, 2.45) is 0 Å². The summed E-state index contributed by atoms with van der Waals surface area (Å²) in [5.74, 6) is -1.12. The number of esters is 1. The fourth-order valence-electron chi connectivity index (χ4n) is 3.01. The van der Waals surface area contributed by atoms with Crippen molar-refractivity contribution in [1.29, 1.82) is 0 Å². The first-order valence-corrected chi connectivity index (χ1v) is 9.85. The summed E-state index contributed by atoms with van der Waals surface area (Å²) in [7, 11) is 0. The molecule has 8 heteroatoms. The molecule has 0 atom stereocenters. The van der Waals surface area contributed by atoms with Crippen molar-refractivity contribution in [1.82, 2.24) is 10.2 Å². The number of nitrogens with one attached hydrogen (secondary N) is 1. The maximum atomic E-state index is 12.1. The summed E-state index contributed by atoms with van der Waals surface area (Å²) in [5, 5.41) is 2.80. The number of hydrogen-bond donors (Lipinski definition) is 1. The molecule has 1 saturated heterocycles. The van der Waals surface area contributed by atoms with Gasteiger partial charge in [-0.25, -0.2) is 4.79 Å². The number of rotatable bonds is 8. The number of ether oxygens (including phenoxy) is 2. The van der Waals surface area contributed by atoms with Gasteiger partial charge >= 0.3 is 12.1 Å². The van der Waals surface area contributed by atoms with Gasteiger partial charge in [0, 0.05) is 31.1 Å². The SMILES string of the molecule is CCOC(=O)N1CCC(NC(=O)COC(=O)CCC(=O)c2ccc(C)cc2)CC1. The van der Waals surface area contributed by atoms with E-state index in [0.717, 1.165) is 5.56 Å². The zero-order valence-electron chi connectivity index (χ0n) is 16.9. The van der Waals surface area contributed by atoms with Crippen LogP contribution in [0.3, 0.4) is 0 Å². The van der Waals surface area contributed by atoms with Crippen molar-refractivity contribution in [2.45, 2.75) is 45.6 Å². The van der Waals surface area contributed by atoms with Crippen LogP contribution in [-0.2, 0) is 19.1 Å². The largest absolute Gasteiger partial charge is 0.456 e. The Labute approximate surface area is 170 Å². The van der Waals surface area contributed by atoms with E-state index in [4.69, 9.17) is 9.47 Å². The van der Waals surface area contributed by atoms with E-state index in [1.807, 2.05) is 19.1 Å². The summed E-state index contributed by atoms with van der Waals surface area (Å²) in [5.41, 5.74) is 1.61. The number of amides is 2. The Morgan fingerprint density at radius 1 is 1.03 bits per heavy atom. The minimum absolute atomic E-state index is 0.0375. The normalized spacial score (nSPS) is 14.2. The molecule has 0 bridgehead atoms. The second kappa shape index (κ2) is 11.2. The van der Waals surface area contributed by atoms with Gasteiger partial charge in [-0.15, -0.1) is 0 Å². The predicted octanol–water partition coefficient (Wildman–Crippen LogP) is 2.24. The molecule has 8 nitrogen and oxygen atoms in total. The Bertz CT molecular complexity index is 723. The standard InChI is InChI=1S/C21H28N2O6/c1-3-28-21(27)23-12-10-17(11-13-23)22-19(25)14-29-20(26)9-8-18(24)16-6-4-15(2)5-7-16/h4-7,17H,3,8-14H2,1-2H3,(H,22,25). The highest BCUT2D eigenvalue weighted by Crippen LogP contribution is 2.12. The third-order valence-electron chi connectivity index (χ3n) is 4.68. The monoisotopic (exact) mass is 404 g/mol. The van der Waals surface area contributed by atoms with Crippen LogP contribution >= 0.6 is 0 Å². The molecule has 1 heterocycles. The highest BCUT2D eigenvalue weighted by Gasteiger charge is 2.24. The first-order valence-electron chi connectivity index (χ1n) is 9.85. The van der Waals surface area contributed by atoms with E-state index >= 15 is 0 Å². The number of ketones is 1. The van der Waals surface area contributed by atoms with Crippen LogP contribution in [0, 0.1) is 6.92 Å². The highest BCUT2D eigenvalue weighted by molar-refractivity contribution is 5.97. The number of likely N-dealkylation sites (tertiary alicyclic amines) is 1. The lowest BCUT2D eigenvalue weighted by molar-refractivity contribution is -0.148. The van der Waals surface area contributed by atoms with E-state index in [0.29, 0.717) is 38.1 Å². The van der Waals surface area contributed by atoms with Crippen LogP contribution in [0.15, 0.2) is 24.3 Å². The van der Waals surface area contributed by atoms with Gasteiger partial charge in [0.2, 0.25) is 0 Å². The van der Waals surface area contributed by atoms with Crippen LogP contribution < -0.4 is 5.32 Å². The molecule has 0 spiro atoms. The van der Waals surface area contributed by atoms with Crippen LogP contribution in [-0.4, -0.2) is 61.0 Å². The lowest BCUT2D eigenvalue weighted by Gasteiger charge is -2.31. The van der Waals surface area contributed by atoms with Gasteiger partial charge in [-0.3, -0.25) is 14.4 Å². The number of Topliss-reactive ketones (excluding diaryl/α,β-unsaturated/α-hetero) is 1. The lowest BCUT2D eigenvalue weighted by atomic mass is 10.1. The summed E-state index contributed by atoms with van der Waals surface area (Å²) in [6, 6.07) is 7.06. The summed E-state index contributed by atoms with van der Waals surface area (Å²) in [6.45, 7) is 4.65. The molecule has 1 aliphatic rings. The van der Waals surface area contributed by atoms with Crippen molar-refractivity contribution in [3.63, 3.8) is 0 Å². The molecule has 0 radical (unpaired) electrons. The molecular formula is C21H28N2O6. The van der Waals surface area contributed by atoms with E-state index < -0.39 is 11.9 Å². The fraction of sp³-hybridized carbons (Fsp3) is 0.524. The van der Waals surface area contributed by atoms with Gasteiger partial charge in [0.15, 0.2) is 12.4 Å². The van der Waals surface area contributed by atoms with Crippen LogP contribution in [0.5, 0.6) is 0 Å². The van der Waals surface area contributed by atoms with Crippen LogP contribution in [0.2, 0.25) is 0 Å². The number of carbonyl (C=O) groups excluding carboxylic acids is 4. The number of carbonyl (C=O) groups is 4. The number of piperidine rings is 1. The second-order valence-corrected chi connectivity index (χ2v) is 6.98. The number of hydrogen-bond acceptors (Lipinski definition) is 6. The third-order valence-corrected chi connectivity index (χ3v) is 4.68. The summed E-state index contributed by atoms with van der Waals surface area (Å²) in [6.07, 6.45) is 0.854. The maximum Gasteiger partial charge on any atom is 0.409 e. The smallest absolute Gasteiger partial charge is 0.409 e. The highest BCUT2D eigenvalue weighted by atomic mass is 16.6.